The number of benzene rings is 3. The third-order valence-corrected chi connectivity index (χ3v) is 10.0. The third kappa shape index (κ3) is 7.87. The van der Waals surface area contributed by atoms with E-state index in [4.69, 9.17) is 15.0 Å². The molecule has 0 radical (unpaired) electrons. The fourth-order valence-corrected chi connectivity index (χ4v) is 7.37. The lowest BCUT2D eigenvalue weighted by molar-refractivity contribution is 0.315. The zero-order valence-corrected chi connectivity index (χ0v) is 29.0. The van der Waals surface area contributed by atoms with E-state index in [0.717, 1.165) is 69.9 Å². The van der Waals surface area contributed by atoms with Gasteiger partial charge in [-0.25, -0.2) is 0 Å². The number of rotatable bonds is 9. The van der Waals surface area contributed by atoms with Crippen molar-refractivity contribution in [3.8, 4) is 45.0 Å². The molecular formula is C48H40N4. The van der Waals surface area contributed by atoms with Crippen LogP contribution in [0, 0.1) is 11.8 Å². The van der Waals surface area contributed by atoms with Crippen LogP contribution in [-0.4, -0.2) is 19.9 Å². The van der Waals surface area contributed by atoms with Crippen LogP contribution < -0.4 is 0 Å². The molecular weight excluding hydrogens is 633 g/mol. The van der Waals surface area contributed by atoms with E-state index in [0.29, 0.717) is 17.8 Å². The first-order valence-corrected chi connectivity index (χ1v) is 18.1. The normalized spacial score (nSPS) is 17.4. The van der Waals surface area contributed by atoms with Crippen LogP contribution in [0.1, 0.15) is 41.9 Å². The lowest BCUT2D eigenvalue weighted by Crippen LogP contribution is -2.20. The van der Waals surface area contributed by atoms with Crippen molar-refractivity contribution >= 4 is 12.2 Å². The van der Waals surface area contributed by atoms with Gasteiger partial charge in [0.25, 0.3) is 0 Å². The van der Waals surface area contributed by atoms with Crippen LogP contribution >= 0.6 is 0 Å². The number of pyridine rings is 4. The summed E-state index contributed by atoms with van der Waals surface area (Å²) < 4.78 is 0. The monoisotopic (exact) mass is 672 g/mol. The summed E-state index contributed by atoms with van der Waals surface area (Å²) in [7, 11) is 0. The Kier molecular flexibility index (Phi) is 9.96. The van der Waals surface area contributed by atoms with E-state index >= 15 is 0 Å². The van der Waals surface area contributed by atoms with Gasteiger partial charge in [-0.2, -0.15) is 0 Å². The van der Waals surface area contributed by atoms with Gasteiger partial charge in [0, 0.05) is 41.5 Å². The van der Waals surface area contributed by atoms with Crippen molar-refractivity contribution in [2.45, 2.75) is 25.2 Å². The SMILES string of the molecule is C(=CC1CC(/C=C\c2ccc(-c3ccccc3)nc2)CC(c2ccccc2-c2ccc(-c3ccccn3)nc2)C1)c1ccc(-c2ccccc2)nc1. The van der Waals surface area contributed by atoms with Gasteiger partial charge in [-0.1, -0.05) is 133 Å². The van der Waals surface area contributed by atoms with E-state index in [2.05, 4.69) is 138 Å². The standard InChI is InChI=1S/C48H40N4/c1-3-11-39(12-4-1)45-25-22-35(32-50-45)18-20-37-29-38(21-19-36-23-26-46(51-33-36)40-13-5-2-6-14-40)31-42(30-37)44-16-8-7-15-43(44)41-24-27-48(52-34-41)47-17-9-10-28-49-47/h1-28,32-34,37-38,42H,29-31H2/b20-18-,21-19?. The van der Waals surface area contributed by atoms with E-state index in [1.54, 1.807) is 0 Å². The average molecular weight is 673 g/mol. The van der Waals surface area contributed by atoms with Crippen molar-refractivity contribution < 1.29 is 0 Å². The zero-order valence-electron chi connectivity index (χ0n) is 29.0. The van der Waals surface area contributed by atoms with Crippen molar-refractivity contribution in [3.05, 3.63) is 193 Å². The molecule has 0 spiro atoms. The molecule has 3 aromatic carbocycles. The zero-order chi connectivity index (χ0) is 35.0. The molecule has 252 valence electrons. The predicted octanol–water partition coefficient (Wildman–Crippen LogP) is 11.9. The van der Waals surface area contributed by atoms with Gasteiger partial charge in [-0.05, 0) is 89.6 Å². The minimum atomic E-state index is 0.391. The van der Waals surface area contributed by atoms with Crippen molar-refractivity contribution in [2.75, 3.05) is 0 Å². The first kappa shape index (κ1) is 32.9. The highest BCUT2D eigenvalue weighted by Crippen LogP contribution is 2.44. The first-order chi connectivity index (χ1) is 25.7. The Morgan fingerprint density at radius 1 is 0.404 bits per heavy atom. The van der Waals surface area contributed by atoms with Crippen molar-refractivity contribution in [2.24, 2.45) is 11.8 Å². The molecule has 0 aliphatic heterocycles. The Balaban J connectivity index is 1.06. The van der Waals surface area contributed by atoms with Crippen LogP contribution in [0.4, 0.5) is 0 Å². The Bertz CT molecular complexity index is 2140. The van der Waals surface area contributed by atoms with Gasteiger partial charge in [-0.15, -0.1) is 0 Å². The topological polar surface area (TPSA) is 51.6 Å². The summed E-state index contributed by atoms with van der Waals surface area (Å²) in [6, 6.07) is 48.3. The van der Waals surface area contributed by atoms with E-state index in [1.165, 1.54) is 11.1 Å². The number of aromatic nitrogens is 4. The highest BCUT2D eigenvalue weighted by molar-refractivity contribution is 5.70. The minimum Gasteiger partial charge on any atom is -0.256 e. The molecule has 1 aliphatic rings. The molecule has 3 unspecified atom stereocenters. The fraction of sp³-hybridized carbons (Fsp3) is 0.125. The van der Waals surface area contributed by atoms with Gasteiger partial charge < -0.3 is 0 Å². The molecule has 0 saturated heterocycles. The van der Waals surface area contributed by atoms with Gasteiger partial charge in [0.15, 0.2) is 0 Å². The Morgan fingerprint density at radius 2 is 0.942 bits per heavy atom. The van der Waals surface area contributed by atoms with Gasteiger partial charge in [0.1, 0.15) is 0 Å². The molecule has 1 aliphatic carbocycles. The quantitative estimate of drug-likeness (QED) is 0.153. The second kappa shape index (κ2) is 15.7. The Hall–Kier alpha value is -6.26. The average Bonchev–Trinajstić information content (AvgIpc) is 3.23. The molecule has 52 heavy (non-hydrogen) atoms. The predicted molar refractivity (Wildman–Crippen MR) is 214 cm³/mol. The molecule has 0 N–H and O–H groups in total. The molecule has 7 aromatic rings. The lowest BCUT2D eigenvalue weighted by atomic mass is 9.71. The molecule has 1 saturated carbocycles. The lowest BCUT2D eigenvalue weighted by Gasteiger charge is -2.34. The maximum Gasteiger partial charge on any atom is 0.0886 e. The highest BCUT2D eigenvalue weighted by atomic mass is 14.8. The summed E-state index contributed by atoms with van der Waals surface area (Å²) in [5, 5.41) is 0. The molecule has 0 bridgehead atoms. The molecule has 3 atom stereocenters. The van der Waals surface area contributed by atoms with Crippen LogP contribution in [0.15, 0.2) is 176 Å². The van der Waals surface area contributed by atoms with Crippen molar-refractivity contribution in [1.29, 1.82) is 0 Å². The van der Waals surface area contributed by atoms with Crippen LogP contribution in [0.25, 0.3) is 57.2 Å². The molecule has 4 aromatic heterocycles. The van der Waals surface area contributed by atoms with Crippen molar-refractivity contribution in [3.63, 3.8) is 0 Å². The van der Waals surface area contributed by atoms with E-state index in [1.807, 2.05) is 55.1 Å². The van der Waals surface area contributed by atoms with E-state index in [-0.39, 0.29) is 0 Å². The van der Waals surface area contributed by atoms with Crippen LogP contribution in [-0.2, 0) is 0 Å². The number of hydrogen-bond donors (Lipinski definition) is 0. The van der Waals surface area contributed by atoms with Crippen molar-refractivity contribution in [1.82, 2.24) is 19.9 Å². The minimum absolute atomic E-state index is 0.391. The number of allylic oxidation sites excluding steroid dienone is 2. The van der Waals surface area contributed by atoms with E-state index < -0.39 is 0 Å². The fourth-order valence-electron chi connectivity index (χ4n) is 7.37. The molecule has 4 heteroatoms. The van der Waals surface area contributed by atoms with Gasteiger partial charge >= 0.3 is 0 Å². The summed E-state index contributed by atoms with van der Waals surface area (Å²) in [4.78, 5) is 18.9. The maximum atomic E-state index is 4.82. The number of hydrogen-bond acceptors (Lipinski definition) is 4. The second-order valence-electron chi connectivity index (χ2n) is 13.6. The van der Waals surface area contributed by atoms with Crippen LogP contribution in [0.2, 0.25) is 0 Å². The first-order valence-electron chi connectivity index (χ1n) is 18.1. The van der Waals surface area contributed by atoms with Gasteiger partial charge in [0.05, 0.1) is 22.8 Å². The Labute approximate surface area is 306 Å². The van der Waals surface area contributed by atoms with Gasteiger partial charge in [0.2, 0.25) is 0 Å². The second-order valence-corrected chi connectivity index (χ2v) is 13.6. The summed E-state index contributed by atoms with van der Waals surface area (Å²) in [5.41, 5.74) is 12.0. The molecule has 4 nitrogen and oxygen atoms in total. The summed E-state index contributed by atoms with van der Waals surface area (Å²) >= 11 is 0. The van der Waals surface area contributed by atoms with Crippen LogP contribution in [0.3, 0.4) is 0 Å². The number of nitrogens with zero attached hydrogens (tertiary/aromatic N) is 4. The smallest absolute Gasteiger partial charge is 0.0886 e. The van der Waals surface area contributed by atoms with Gasteiger partial charge in [-0.3, -0.25) is 19.9 Å². The molecule has 1 fully saturated rings. The Morgan fingerprint density at radius 3 is 1.48 bits per heavy atom. The summed E-state index contributed by atoms with van der Waals surface area (Å²) in [5.74, 6) is 1.22. The summed E-state index contributed by atoms with van der Waals surface area (Å²) in [6.45, 7) is 0. The third-order valence-electron chi connectivity index (χ3n) is 10.0. The van der Waals surface area contributed by atoms with E-state index in [9.17, 15) is 0 Å². The summed E-state index contributed by atoms with van der Waals surface area (Å²) in [6.07, 6.45) is 20.4. The molecule has 4 heterocycles. The molecule has 0 amide bonds. The largest absolute Gasteiger partial charge is 0.256 e. The van der Waals surface area contributed by atoms with Crippen LogP contribution in [0.5, 0.6) is 0 Å². The molecule has 8 rings (SSSR count). The maximum absolute atomic E-state index is 4.82. The highest BCUT2D eigenvalue weighted by Gasteiger charge is 2.29.